The Hall–Kier alpha value is -1.43. The van der Waals surface area contributed by atoms with Gasteiger partial charge >= 0.3 is 0 Å². The van der Waals surface area contributed by atoms with E-state index in [1.54, 1.807) is 0 Å². The molecule has 3 rings (SSSR count). The number of nitrogens with zero attached hydrogens (tertiary/aromatic N) is 3. The van der Waals surface area contributed by atoms with Crippen molar-refractivity contribution < 1.29 is 4.79 Å². The Morgan fingerprint density at radius 1 is 1.45 bits per heavy atom. The second kappa shape index (κ2) is 5.52. The summed E-state index contributed by atoms with van der Waals surface area (Å²) >= 11 is 0. The lowest BCUT2D eigenvalue weighted by Crippen LogP contribution is -2.36. The lowest BCUT2D eigenvalue weighted by atomic mass is 10.0. The number of aromatic nitrogens is 3. The first-order chi connectivity index (χ1) is 9.67. The third kappa shape index (κ3) is 2.57. The van der Waals surface area contributed by atoms with Crippen molar-refractivity contribution in [3.05, 3.63) is 11.6 Å². The number of hydrogen-bond acceptors (Lipinski definition) is 4. The van der Waals surface area contributed by atoms with Gasteiger partial charge < -0.3 is 11.1 Å². The second-order valence-corrected chi connectivity index (χ2v) is 5.94. The summed E-state index contributed by atoms with van der Waals surface area (Å²) in [5.74, 6) is 2.00. The van der Waals surface area contributed by atoms with Gasteiger partial charge in [0, 0.05) is 24.9 Å². The van der Waals surface area contributed by atoms with Crippen LogP contribution in [0.1, 0.15) is 56.7 Å². The van der Waals surface area contributed by atoms with E-state index in [-0.39, 0.29) is 23.9 Å². The van der Waals surface area contributed by atoms with Gasteiger partial charge in [0.2, 0.25) is 5.91 Å². The summed E-state index contributed by atoms with van der Waals surface area (Å²) in [4.78, 5) is 16.9. The lowest BCUT2D eigenvalue weighted by molar-refractivity contribution is -0.125. The Bertz CT molecular complexity index is 498. The molecule has 1 aromatic rings. The first kappa shape index (κ1) is 13.5. The number of nitrogens with two attached hydrogens (primary N) is 1. The maximum atomic E-state index is 12.3. The van der Waals surface area contributed by atoms with E-state index < -0.39 is 0 Å². The molecule has 0 aromatic carbocycles. The summed E-state index contributed by atoms with van der Waals surface area (Å²) < 4.78 is 1.95. The number of nitrogens with one attached hydrogen (secondary N) is 1. The van der Waals surface area contributed by atoms with E-state index >= 15 is 0 Å². The molecule has 1 aliphatic heterocycles. The third-order valence-corrected chi connectivity index (χ3v) is 4.40. The molecule has 20 heavy (non-hydrogen) atoms. The standard InChI is InChI=1S/C14H23N5O/c1-2-12-17-13-11(4-3-7-19(13)18-12)16-14(20)9-5-6-10(15)8-9/h9-11H,2-8,15H2,1H3,(H,16,20). The number of hydrogen-bond donors (Lipinski definition) is 2. The maximum absolute atomic E-state index is 12.3. The summed E-state index contributed by atoms with van der Waals surface area (Å²) in [6.07, 6.45) is 5.50. The summed E-state index contributed by atoms with van der Waals surface area (Å²) in [6, 6.07) is 0.202. The van der Waals surface area contributed by atoms with E-state index in [0.717, 1.165) is 56.7 Å². The van der Waals surface area contributed by atoms with Crippen LogP contribution in [0, 0.1) is 5.92 Å². The van der Waals surface area contributed by atoms with Gasteiger partial charge in [-0.25, -0.2) is 9.67 Å². The zero-order valence-electron chi connectivity index (χ0n) is 12.0. The molecule has 1 aliphatic carbocycles. The van der Waals surface area contributed by atoms with Crippen molar-refractivity contribution in [1.82, 2.24) is 20.1 Å². The van der Waals surface area contributed by atoms with Crippen molar-refractivity contribution in [2.75, 3.05) is 0 Å². The zero-order valence-corrected chi connectivity index (χ0v) is 12.0. The molecule has 6 nitrogen and oxygen atoms in total. The summed E-state index contributed by atoms with van der Waals surface area (Å²) in [7, 11) is 0. The minimum Gasteiger partial charge on any atom is -0.346 e. The van der Waals surface area contributed by atoms with E-state index in [1.165, 1.54) is 0 Å². The Morgan fingerprint density at radius 3 is 3.00 bits per heavy atom. The predicted octanol–water partition coefficient (Wildman–Crippen LogP) is 0.919. The zero-order chi connectivity index (χ0) is 14.1. The molecule has 1 fully saturated rings. The molecule has 2 heterocycles. The maximum Gasteiger partial charge on any atom is 0.223 e. The fourth-order valence-corrected chi connectivity index (χ4v) is 3.23. The summed E-state index contributed by atoms with van der Waals surface area (Å²) in [6.45, 7) is 2.96. The molecule has 1 amide bonds. The van der Waals surface area contributed by atoms with Crippen molar-refractivity contribution in [3.8, 4) is 0 Å². The Morgan fingerprint density at radius 2 is 2.30 bits per heavy atom. The van der Waals surface area contributed by atoms with Crippen LogP contribution in [0.3, 0.4) is 0 Å². The quantitative estimate of drug-likeness (QED) is 0.860. The van der Waals surface area contributed by atoms with E-state index in [2.05, 4.69) is 22.3 Å². The molecule has 2 aliphatic rings. The molecule has 0 spiro atoms. The van der Waals surface area contributed by atoms with Crippen LogP contribution in [0.15, 0.2) is 0 Å². The molecule has 0 bridgehead atoms. The molecule has 0 saturated heterocycles. The number of fused-ring (bicyclic) bond motifs is 1. The smallest absolute Gasteiger partial charge is 0.223 e. The van der Waals surface area contributed by atoms with E-state index in [4.69, 9.17) is 5.73 Å². The normalized spacial score (nSPS) is 29.2. The minimum absolute atomic E-state index is 0.0147. The van der Waals surface area contributed by atoms with Gasteiger partial charge in [0.25, 0.3) is 0 Å². The van der Waals surface area contributed by atoms with Gasteiger partial charge in [0.05, 0.1) is 6.04 Å². The van der Waals surface area contributed by atoms with Crippen LogP contribution in [-0.4, -0.2) is 26.7 Å². The largest absolute Gasteiger partial charge is 0.346 e. The molecular weight excluding hydrogens is 254 g/mol. The van der Waals surface area contributed by atoms with Crippen molar-refractivity contribution in [2.45, 2.75) is 64.1 Å². The van der Waals surface area contributed by atoms with E-state index in [0.29, 0.717) is 0 Å². The van der Waals surface area contributed by atoms with Crippen LogP contribution in [0.2, 0.25) is 0 Å². The number of rotatable bonds is 3. The van der Waals surface area contributed by atoms with Gasteiger partial charge in [-0.15, -0.1) is 0 Å². The average Bonchev–Trinajstić information content (AvgIpc) is 3.05. The first-order valence-corrected chi connectivity index (χ1v) is 7.67. The highest BCUT2D eigenvalue weighted by molar-refractivity contribution is 5.79. The lowest BCUT2D eigenvalue weighted by Gasteiger charge is -2.24. The van der Waals surface area contributed by atoms with Crippen molar-refractivity contribution in [1.29, 1.82) is 0 Å². The number of carbonyl (C=O) groups excluding carboxylic acids is 1. The third-order valence-electron chi connectivity index (χ3n) is 4.40. The second-order valence-electron chi connectivity index (χ2n) is 5.94. The molecule has 1 aromatic heterocycles. The van der Waals surface area contributed by atoms with Crippen molar-refractivity contribution in [3.63, 3.8) is 0 Å². The van der Waals surface area contributed by atoms with Crippen LogP contribution >= 0.6 is 0 Å². The summed E-state index contributed by atoms with van der Waals surface area (Å²) in [5.41, 5.74) is 5.89. The molecule has 6 heteroatoms. The van der Waals surface area contributed by atoms with Gasteiger partial charge in [0.1, 0.15) is 5.82 Å². The van der Waals surface area contributed by atoms with Gasteiger partial charge in [0.15, 0.2) is 5.82 Å². The molecule has 3 N–H and O–H groups in total. The summed E-state index contributed by atoms with van der Waals surface area (Å²) in [5, 5.41) is 7.63. The monoisotopic (exact) mass is 277 g/mol. The average molecular weight is 277 g/mol. The topological polar surface area (TPSA) is 85.8 Å². The number of carbonyl (C=O) groups is 1. The molecule has 3 atom stereocenters. The highest BCUT2D eigenvalue weighted by Gasteiger charge is 2.31. The molecular formula is C14H23N5O. The molecule has 3 unspecified atom stereocenters. The van der Waals surface area contributed by atoms with Crippen LogP contribution in [0.4, 0.5) is 0 Å². The highest BCUT2D eigenvalue weighted by atomic mass is 16.2. The van der Waals surface area contributed by atoms with Gasteiger partial charge in [-0.05, 0) is 32.1 Å². The van der Waals surface area contributed by atoms with Gasteiger partial charge in [-0.3, -0.25) is 4.79 Å². The minimum atomic E-state index is 0.0147. The Kier molecular flexibility index (Phi) is 3.74. The Labute approximate surface area is 119 Å². The molecule has 1 saturated carbocycles. The van der Waals surface area contributed by atoms with E-state index in [1.807, 2.05) is 4.68 Å². The van der Waals surface area contributed by atoms with Gasteiger partial charge in [-0.1, -0.05) is 6.92 Å². The highest BCUT2D eigenvalue weighted by Crippen LogP contribution is 2.27. The Balaban J connectivity index is 1.69. The first-order valence-electron chi connectivity index (χ1n) is 7.67. The van der Waals surface area contributed by atoms with E-state index in [9.17, 15) is 4.79 Å². The number of amides is 1. The van der Waals surface area contributed by atoms with Crippen LogP contribution in [0.25, 0.3) is 0 Å². The van der Waals surface area contributed by atoms with Crippen molar-refractivity contribution >= 4 is 5.91 Å². The molecule has 0 radical (unpaired) electrons. The van der Waals surface area contributed by atoms with Crippen LogP contribution in [-0.2, 0) is 17.8 Å². The predicted molar refractivity (Wildman–Crippen MR) is 74.8 cm³/mol. The van der Waals surface area contributed by atoms with Gasteiger partial charge in [-0.2, -0.15) is 5.10 Å². The van der Waals surface area contributed by atoms with Crippen molar-refractivity contribution in [2.24, 2.45) is 11.7 Å². The SMILES string of the molecule is CCc1nc2n(n1)CCCC2NC(=O)C1CCC(N)C1. The van der Waals surface area contributed by atoms with Crippen LogP contribution < -0.4 is 11.1 Å². The fourth-order valence-electron chi connectivity index (χ4n) is 3.23. The molecule has 110 valence electrons. The van der Waals surface area contributed by atoms with Crippen LogP contribution in [0.5, 0.6) is 0 Å². The fraction of sp³-hybridized carbons (Fsp3) is 0.786. The number of aryl methyl sites for hydroxylation is 2.